The summed E-state index contributed by atoms with van der Waals surface area (Å²) in [4.78, 5) is 11.7. The summed E-state index contributed by atoms with van der Waals surface area (Å²) in [6.07, 6.45) is 8.92. The third-order valence-corrected chi connectivity index (χ3v) is 9.19. The molecular weight excluding hydrogens is 512 g/mol. The van der Waals surface area contributed by atoms with Crippen LogP contribution in [0.2, 0.25) is 10.0 Å². The van der Waals surface area contributed by atoms with Gasteiger partial charge in [-0.15, -0.1) is 0 Å². The number of halogens is 2. The van der Waals surface area contributed by atoms with Crippen LogP contribution in [-0.2, 0) is 17.4 Å². The van der Waals surface area contributed by atoms with Crippen molar-refractivity contribution in [3.63, 3.8) is 0 Å². The maximum absolute atomic E-state index is 12.8. The second kappa shape index (κ2) is 10.7. The summed E-state index contributed by atoms with van der Waals surface area (Å²) < 4.78 is 12.8. The van der Waals surface area contributed by atoms with Crippen LogP contribution in [0.3, 0.4) is 0 Å². The fourth-order valence-electron chi connectivity index (χ4n) is 5.27. The third kappa shape index (κ3) is 5.89. The van der Waals surface area contributed by atoms with Gasteiger partial charge in [-0.25, -0.2) is 4.98 Å². The molecule has 2 N–H and O–H groups in total. The van der Waals surface area contributed by atoms with Crippen LogP contribution in [0.25, 0.3) is 0 Å². The van der Waals surface area contributed by atoms with E-state index in [4.69, 9.17) is 23.2 Å². The Labute approximate surface area is 223 Å². The molecule has 2 aromatic carbocycles. The molecule has 1 atom stereocenters. The number of fused-ring (bicyclic) bond motifs is 1. The number of hydrogen-bond acceptors (Lipinski definition) is 6. The maximum Gasteiger partial charge on any atom is 0.229 e. The highest BCUT2D eigenvalue weighted by atomic mass is 35.5. The standard InChI is InChI=1S/C27H32Cl2N5OP/c1-36(2,35)25-16-20(28)8-12-24(25)32-26-23(29)17-30-27(33-26)31-21-9-5-18-6-10-22(11-7-19(18)15-21)34-13-3-4-14-34/h5,8-9,12,15-17,22H,3-4,6-7,10-11,13-14H2,1-2H3,(H2,30,31,32,33)/t22-/m0/s1. The number of nitrogens with one attached hydrogen (secondary N) is 2. The molecule has 0 unspecified atom stereocenters. The molecule has 2 heterocycles. The Hall–Kier alpha value is -2.11. The lowest BCUT2D eigenvalue weighted by molar-refractivity contribution is 0.222. The number of anilines is 4. The summed E-state index contributed by atoms with van der Waals surface area (Å²) in [6.45, 7) is 5.93. The molecule has 1 aliphatic carbocycles. The highest BCUT2D eigenvalue weighted by molar-refractivity contribution is 7.70. The van der Waals surface area contributed by atoms with Crippen molar-refractivity contribution in [3.8, 4) is 0 Å². The first-order valence-corrected chi connectivity index (χ1v) is 15.9. The van der Waals surface area contributed by atoms with Gasteiger partial charge in [0.2, 0.25) is 5.95 Å². The van der Waals surface area contributed by atoms with Gasteiger partial charge in [0.25, 0.3) is 0 Å². The molecule has 36 heavy (non-hydrogen) atoms. The first kappa shape index (κ1) is 25.5. The van der Waals surface area contributed by atoms with Gasteiger partial charge in [-0.3, -0.25) is 0 Å². The summed E-state index contributed by atoms with van der Waals surface area (Å²) in [5, 5.41) is 8.13. The number of benzene rings is 2. The molecule has 190 valence electrons. The Morgan fingerprint density at radius 1 is 0.972 bits per heavy atom. The Balaban J connectivity index is 1.33. The van der Waals surface area contributed by atoms with E-state index in [1.165, 1.54) is 49.9 Å². The second-order valence-electron chi connectivity index (χ2n) is 10.1. The van der Waals surface area contributed by atoms with Gasteiger partial charge in [0.15, 0.2) is 5.82 Å². The van der Waals surface area contributed by atoms with Crippen LogP contribution in [0, 0.1) is 0 Å². The summed E-state index contributed by atoms with van der Waals surface area (Å²) >= 11 is 12.6. The molecule has 2 aliphatic rings. The Morgan fingerprint density at radius 2 is 1.72 bits per heavy atom. The lowest BCUT2D eigenvalue weighted by Crippen LogP contribution is -2.32. The molecular formula is C27H32Cl2N5OP. The van der Waals surface area contributed by atoms with Crippen LogP contribution in [0.4, 0.5) is 23.1 Å². The van der Waals surface area contributed by atoms with E-state index < -0.39 is 7.14 Å². The average Bonchev–Trinajstić information content (AvgIpc) is 3.29. The zero-order valence-corrected chi connectivity index (χ0v) is 23.1. The molecule has 0 bridgehead atoms. The third-order valence-electron chi connectivity index (χ3n) is 7.15. The molecule has 0 amide bonds. The van der Waals surface area contributed by atoms with E-state index in [0.717, 1.165) is 18.5 Å². The van der Waals surface area contributed by atoms with Crippen molar-refractivity contribution in [2.24, 2.45) is 0 Å². The monoisotopic (exact) mass is 543 g/mol. The topological polar surface area (TPSA) is 70.2 Å². The highest BCUT2D eigenvalue weighted by Gasteiger charge is 2.24. The molecule has 0 spiro atoms. The van der Waals surface area contributed by atoms with Gasteiger partial charge in [-0.05, 0) is 106 Å². The molecule has 1 saturated heterocycles. The number of aromatic nitrogens is 2. The number of rotatable bonds is 6. The van der Waals surface area contributed by atoms with E-state index in [1.54, 1.807) is 37.7 Å². The van der Waals surface area contributed by atoms with E-state index in [-0.39, 0.29) is 0 Å². The predicted molar refractivity (Wildman–Crippen MR) is 152 cm³/mol. The van der Waals surface area contributed by atoms with Crippen LogP contribution in [0.1, 0.15) is 36.8 Å². The Morgan fingerprint density at radius 3 is 2.47 bits per heavy atom. The van der Waals surface area contributed by atoms with E-state index in [1.807, 2.05) is 0 Å². The lowest BCUT2D eigenvalue weighted by atomic mass is 10.0. The van der Waals surface area contributed by atoms with Crippen LogP contribution >= 0.6 is 30.3 Å². The van der Waals surface area contributed by atoms with Crippen molar-refractivity contribution in [2.75, 3.05) is 37.1 Å². The first-order valence-electron chi connectivity index (χ1n) is 12.5. The minimum Gasteiger partial charge on any atom is -0.338 e. The Bertz CT molecular complexity index is 1310. The highest BCUT2D eigenvalue weighted by Crippen LogP contribution is 2.40. The van der Waals surface area contributed by atoms with Crippen LogP contribution in [-0.4, -0.2) is 47.3 Å². The second-order valence-corrected chi connectivity index (χ2v) is 14.1. The van der Waals surface area contributed by atoms with Crippen LogP contribution < -0.4 is 15.9 Å². The zero-order valence-electron chi connectivity index (χ0n) is 20.7. The molecule has 5 rings (SSSR count). The molecule has 0 radical (unpaired) electrons. The normalized spacial score (nSPS) is 18.5. The number of aryl methyl sites for hydroxylation is 2. The van der Waals surface area contributed by atoms with Gasteiger partial charge >= 0.3 is 0 Å². The zero-order chi connectivity index (χ0) is 25.3. The molecule has 0 saturated carbocycles. The first-order chi connectivity index (χ1) is 17.3. The average molecular weight is 544 g/mol. The van der Waals surface area contributed by atoms with Crippen molar-refractivity contribution in [1.29, 1.82) is 0 Å². The van der Waals surface area contributed by atoms with E-state index in [9.17, 15) is 4.57 Å². The maximum atomic E-state index is 12.8. The van der Waals surface area contributed by atoms with Crippen molar-refractivity contribution in [2.45, 2.75) is 44.6 Å². The quantitative estimate of drug-likeness (QED) is 0.261. The summed E-state index contributed by atoms with van der Waals surface area (Å²) in [5.74, 6) is 0.881. The molecule has 6 nitrogen and oxygen atoms in total. The molecule has 1 aliphatic heterocycles. The van der Waals surface area contributed by atoms with Crippen molar-refractivity contribution in [3.05, 3.63) is 63.8 Å². The van der Waals surface area contributed by atoms with Gasteiger partial charge in [-0.1, -0.05) is 29.3 Å². The Kier molecular flexibility index (Phi) is 7.60. The predicted octanol–water partition coefficient (Wildman–Crippen LogP) is 6.86. The fourth-order valence-corrected chi connectivity index (χ4v) is 6.82. The van der Waals surface area contributed by atoms with E-state index in [2.05, 4.69) is 43.7 Å². The van der Waals surface area contributed by atoms with Gasteiger partial charge in [-0.2, -0.15) is 4.98 Å². The number of nitrogens with zero attached hydrogens (tertiary/aromatic N) is 3. The van der Waals surface area contributed by atoms with Crippen molar-refractivity contribution in [1.82, 2.24) is 14.9 Å². The fraction of sp³-hybridized carbons (Fsp3) is 0.407. The van der Waals surface area contributed by atoms with Crippen LogP contribution in [0.5, 0.6) is 0 Å². The minimum atomic E-state index is -2.58. The van der Waals surface area contributed by atoms with E-state index >= 15 is 0 Å². The molecule has 3 aromatic rings. The number of likely N-dealkylation sites (tertiary alicyclic amines) is 1. The minimum absolute atomic E-state index is 0.373. The summed E-state index contributed by atoms with van der Waals surface area (Å²) in [7, 11) is -2.58. The van der Waals surface area contributed by atoms with Gasteiger partial charge in [0.1, 0.15) is 12.2 Å². The molecule has 9 heteroatoms. The van der Waals surface area contributed by atoms with Gasteiger partial charge < -0.3 is 20.1 Å². The molecule has 1 fully saturated rings. The SMILES string of the molecule is CP(C)(=O)c1cc(Cl)ccc1Nc1nc(Nc2ccc3c(c2)CC[C@@H](N2CCCC2)CC3)ncc1Cl. The largest absolute Gasteiger partial charge is 0.338 e. The van der Waals surface area contributed by atoms with Gasteiger partial charge in [0, 0.05) is 22.1 Å². The van der Waals surface area contributed by atoms with Crippen LogP contribution in [0.15, 0.2) is 42.6 Å². The smallest absolute Gasteiger partial charge is 0.229 e. The van der Waals surface area contributed by atoms with E-state index in [0.29, 0.717) is 38.8 Å². The summed E-state index contributed by atoms with van der Waals surface area (Å²) in [6, 6.07) is 12.5. The van der Waals surface area contributed by atoms with Crippen molar-refractivity contribution < 1.29 is 4.57 Å². The lowest BCUT2D eigenvalue weighted by Gasteiger charge is -2.25. The van der Waals surface area contributed by atoms with Gasteiger partial charge in [0.05, 0.1) is 11.9 Å². The number of hydrogen-bond donors (Lipinski definition) is 2. The summed E-state index contributed by atoms with van der Waals surface area (Å²) in [5.41, 5.74) is 4.47. The molecule has 1 aromatic heterocycles. The van der Waals surface area contributed by atoms with Crippen molar-refractivity contribution >= 4 is 58.8 Å².